The minimum Gasteiger partial charge on any atom is -0.383 e. The minimum atomic E-state index is -0.0557. The molecule has 8 heteroatoms. The molecule has 2 aromatic carbocycles. The number of likely N-dealkylation sites (tertiary alicyclic amines) is 1. The molecule has 0 bridgehead atoms. The summed E-state index contributed by atoms with van der Waals surface area (Å²) in [5.41, 5.74) is 10.8. The van der Waals surface area contributed by atoms with Crippen molar-refractivity contribution in [2.24, 2.45) is 0 Å². The van der Waals surface area contributed by atoms with Crippen LogP contribution in [0.3, 0.4) is 0 Å². The molecular weight excluding hydrogens is 402 g/mol. The number of aromatic nitrogens is 4. The first-order valence-electron chi connectivity index (χ1n) is 10.5. The smallest absolute Gasteiger partial charge is 0.356 e. The molecule has 1 atom stereocenters. The molecule has 32 heavy (non-hydrogen) atoms. The van der Waals surface area contributed by atoms with Gasteiger partial charge in [0.15, 0.2) is 0 Å². The molecule has 160 valence electrons. The van der Waals surface area contributed by atoms with Gasteiger partial charge in [0.1, 0.15) is 22.9 Å². The average molecular weight is 427 g/mol. The summed E-state index contributed by atoms with van der Waals surface area (Å²) in [6.45, 7) is 4.86. The van der Waals surface area contributed by atoms with E-state index in [1.807, 2.05) is 59.3 Å². The van der Waals surface area contributed by atoms with Gasteiger partial charge in [-0.2, -0.15) is 4.98 Å². The predicted octanol–water partition coefficient (Wildman–Crippen LogP) is 3.20. The van der Waals surface area contributed by atoms with E-state index in [0.29, 0.717) is 18.9 Å². The van der Waals surface area contributed by atoms with E-state index in [1.54, 1.807) is 4.90 Å². The summed E-state index contributed by atoms with van der Waals surface area (Å²) >= 11 is 0. The van der Waals surface area contributed by atoms with Gasteiger partial charge in [-0.1, -0.05) is 36.9 Å². The largest absolute Gasteiger partial charge is 0.383 e. The number of nitrogen functional groups attached to an aromatic ring is 1. The van der Waals surface area contributed by atoms with Gasteiger partial charge in [0.2, 0.25) is 12.2 Å². The second kappa shape index (κ2) is 8.14. The number of H-pyrrole nitrogens is 1. The number of fused-ring (bicyclic) bond motifs is 1. The third-order valence-corrected chi connectivity index (χ3v) is 5.82. The van der Waals surface area contributed by atoms with Gasteiger partial charge in [0.05, 0.1) is 6.54 Å². The van der Waals surface area contributed by atoms with Crippen LogP contribution >= 0.6 is 0 Å². The van der Waals surface area contributed by atoms with Crippen LogP contribution in [0, 0.1) is 0 Å². The van der Waals surface area contributed by atoms with Crippen LogP contribution in [-0.2, 0) is 4.79 Å². The Morgan fingerprint density at radius 1 is 1.16 bits per heavy atom. The lowest BCUT2D eigenvalue weighted by molar-refractivity contribution is -0.749. The third kappa shape index (κ3) is 3.56. The summed E-state index contributed by atoms with van der Waals surface area (Å²) in [6.07, 6.45) is 3.65. The highest BCUT2D eigenvalue weighted by molar-refractivity contribution is 5.96. The zero-order valence-corrected chi connectivity index (χ0v) is 17.5. The summed E-state index contributed by atoms with van der Waals surface area (Å²) in [6, 6.07) is 18.2. The first-order valence-corrected chi connectivity index (χ1v) is 10.5. The summed E-state index contributed by atoms with van der Waals surface area (Å²) in [4.78, 5) is 22.5. The van der Waals surface area contributed by atoms with Crippen molar-refractivity contribution in [3.05, 3.63) is 73.6 Å². The van der Waals surface area contributed by atoms with Gasteiger partial charge in [-0.25, -0.2) is 5.10 Å². The number of para-hydroxylation sites is 1. The van der Waals surface area contributed by atoms with E-state index in [2.05, 4.69) is 27.0 Å². The summed E-state index contributed by atoms with van der Waals surface area (Å²) in [7, 11) is 0. The lowest BCUT2D eigenvalue weighted by atomic mass is 10.1. The number of carbonyl (C=O) groups excluding carboxylic acids is 1. The number of aromatic amines is 1. The van der Waals surface area contributed by atoms with Gasteiger partial charge in [-0.05, 0) is 35.3 Å². The number of nitrogens with two attached hydrogens (primary N) is 1. The molecule has 2 aromatic heterocycles. The summed E-state index contributed by atoms with van der Waals surface area (Å²) < 4.78 is 2.01. The van der Waals surface area contributed by atoms with Crippen molar-refractivity contribution in [2.45, 2.75) is 12.5 Å². The number of nitrogens with zero attached hydrogens (tertiary/aromatic N) is 4. The fraction of sp³-hybridized carbons (Fsp3) is 0.167. The van der Waals surface area contributed by atoms with Crippen molar-refractivity contribution in [3.63, 3.8) is 0 Å². The van der Waals surface area contributed by atoms with Crippen molar-refractivity contribution in [2.75, 3.05) is 24.1 Å². The molecule has 1 fully saturated rings. The highest BCUT2D eigenvalue weighted by Crippen LogP contribution is 2.30. The molecule has 5 rings (SSSR count). The second-order valence-electron chi connectivity index (χ2n) is 7.81. The third-order valence-electron chi connectivity index (χ3n) is 5.82. The van der Waals surface area contributed by atoms with E-state index < -0.39 is 0 Å². The molecule has 1 aliphatic heterocycles. The van der Waals surface area contributed by atoms with Crippen LogP contribution in [-0.4, -0.2) is 39.0 Å². The Kier molecular flexibility index (Phi) is 5.03. The molecule has 1 aliphatic rings. The molecule has 0 radical (unpaired) electrons. The highest BCUT2D eigenvalue weighted by Gasteiger charge is 2.34. The lowest BCUT2D eigenvalue weighted by Gasteiger charge is -2.12. The van der Waals surface area contributed by atoms with E-state index >= 15 is 0 Å². The maximum absolute atomic E-state index is 12.0. The van der Waals surface area contributed by atoms with Crippen molar-refractivity contribution in [3.8, 4) is 11.3 Å². The number of hydrogen-bond acceptors (Lipinski definition) is 5. The second-order valence-corrected chi connectivity index (χ2v) is 7.81. The molecule has 0 spiro atoms. The standard InChI is InChI=1S/C24H23N7O/c1-2-20(32)30-13-12-19(14-30)31-24-21(23(25)26-15-27-24)22(29-31)16-8-10-18(11-9-16)28-17-6-4-3-5-7-17/h2-11,15,19H,1,12-14H2,(H3,25,26,27,28,29)/p+1. The van der Waals surface area contributed by atoms with Gasteiger partial charge >= 0.3 is 5.65 Å². The Labute approximate surface area is 185 Å². The fourth-order valence-corrected chi connectivity index (χ4v) is 4.20. The molecule has 3 heterocycles. The first kappa shape index (κ1) is 19.7. The molecule has 1 amide bonds. The molecule has 1 unspecified atom stereocenters. The number of anilines is 3. The fourth-order valence-electron chi connectivity index (χ4n) is 4.20. The molecule has 4 N–H and O–H groups in total. The van der Waals surface area contributed by atoms with E-state index in [4.69, 9.17) is 5.73 Å². The molecular formula is C24H24N7O+. The van der Waals surface area contributed by atoms with Gasteiger partial charge in [0, 0.05) is 29.9 Å². The predicted molar refractivity (Wildman–Crippen MR) is 124 cm³/mol. The first-order chi connectivity index (χ1) is 15.6. The minimum absolute atomic E-state index is 0.0557. The zero-order valence-electron chi connectivity index (χ0n) is 17.5. The van der Waals surface area contributed by atoms with Crippen LogP contribution in [0.4, 0.5) is 17.2 Å². The maximum Gasteiger partial charge on any atom is 0.356 e. The van der Waals surface area contributed by atoms with E-state index in [1.165, 1.54) is 12.4 Å². The monoisotopic (exact) mass is 426 g/mol. The zero-order chi connectivity index (χ0) is 22.1. The Hall–Kier alpha value is -4.20. The van der Waals surface area contributed by atoms with Crippen LogP contribution in [0.5, 0.6) is 0 Å². The Bertz CT molecular complexity index is 1280. The number of rotatable bonds is 5. The molecule has 4 aromatic rings. The Morgan fingerprint density at radius 2 is 1.91 bits per heavy atom. The SMILES string of the molecule is C=CC(=O)N1CCC([n+]2[nH]c(-c3ccc(Nc4ccccc4)cc3)c3c(N)ncnc32)C1. The topological polar surface area (TPSA) is 104 Å². The Balaban J connectivity index is 1.49. The number of carbonyl (C=O) groups is 1. The van der Waals surface area contributed by atoms with E-state index in [-0.39, 0.29) is 11.9 Å². The van der Waals surface area contributed by atoms with E-state index in [0.717, 1.165) is 40.1 Å². The summed E-state index contributed by atoms with van der Waals surface area (Å²) in [5.74, 6) is 0.364. The highest BCUT2D eigenvalue weighted by atomic mass is 16.2. The van der Waals surface area contributed by atoms with Crippen LogP contribution in [0.25, 0.3) is 22.3 Å². The van der Waals surface area contributed by atoms with Crippen LogP contribution in [0.2, 0.25) is 0 Å². The average Bonchev–Trinajstić information content (AvgIpc) is 3.46. The molecule has 0 aliphatic carbocycles. The van der Waals surface area contributed by atoms with Gasteiger partial charge in [-0.15, -0.1) is 4.68 Å². The number of benzene rings is 2. The van der Waals surface area contributed by atoms with Gasteiger partial charge < -0.3 is 16.0 Å². The molecule has 8 nitrogen and oxygen atoms in total. The quantitative estimate of drug-likeness (QED) is 0.336. The number of hydrogen-bond donors (Lipinski definition) is 3. The number of amides is 1. The number of nitrogens with one attached hydrogen (secondary N) is 2. The lowest BCUT2D eigenvalue weighted by Crippen LogP contribution is -2.44. The van der Waals surface area contributed by atoms with Crippen molar-refractivity contribution >= 4 is 34.1 Å². The van der Waals surface area contributed by atoms with Gasteiger partial charge in [0.25, 0.3) is 0 Å². The normalized spacial score (nSPS) is 15.8. The Morgan fingerprint density at radius 3 is 2.66 bits per heavy atom. The van der Waals surface area contributed by atoms with E-state index in [9.17, 15) is 4.79 Å². The van der Waals surface area contributed by atoms with Crippen molar-refractivity contribution in [1.82, 2.24) is 20.0 Å². The summed E-state index contributed by atoms with van der Waals surface area (Å²) in [5, 5.41) is 7.66. The maximum atomic E-state index is 12.0. The van der Waals surface area contributed by atoms with Crippen LogP contribution in [0.15, 0.2) is 73.6 Å². The molecule has 1 saturated heterocycles. The van der Waals surface area contributed by atoms with Crippen LogP contribution < -0.4 is 15.7 Å². The van der Waals surface area contributed by atoms with Crippen molar-refractivity contribution in [1.29, 1.82) is 0 Å². The van der Waals surface area contributed by atoms with Crippen molar-refractivity contribution < 1.29 is 9.48 Å². The van der Waals surface area contributed by atoms with Gasteiger partial charge in [-0.3, -0.25) is 4.79 Å². The molecule has 0 saturated carbocycles. The van der Waals surface area contributed by atoms with Crippen LogP contribution in [0.1, 0.15) is 12.5 Å².